The summed E-state index contributed by atoms with van der Waals surface area (Å²) in [7, 11) is 0. The molecule has 1 atom stereocenters. The van der Waals surface area contributed by atoms with Crippen molar-refractivity contribution in [3.63, 3.8) is 0 Å². The molecular weight excluding hydrogens is 805 g/mol. The van der Waals surface area contributed by atoms with Crippen LogP contribution in [0.1, 0.15) is 278 Å². The zero-order valence-corrected chi connectivity index (χ0v) is 43.0. The molecule has 0 aliphatic rings. The lowest BCUT2D eigenvalue weighted by Crippen LogP contribution is -2.30. The van der Waals surface area contributed by atoms with Gasteiger partial charge in [0.05, 0.1) is 0 Å². The Morgan fingerprint density at radius 1 is 0.308 bits per heavy atom. The van der Waals surface area contributed by atoms with E-state index in [1.54, 1.807) is 0 Å². The van der Waals surface area contributed by atoms with Gasteiger partial charge in [-0.25, -0.2) is 0 Å². The van der Waals surface area contributed by atoms with Crippen LogP contribution in [0.2, 0.25) is 0 Å². The van der Waals surface area contributed by atoms with Gasteiger partial charge >= 0.3 is 17.9 Å². The molecule has 376 valence electrons. The Morgan fingerprint density at radius 3 is 0.954 bits per heavy atom. The lowest BCUT2D eigenvalue weighted by Gasteiger charge is -2.18. The molecule has 0 radical (unpaired) electrons. The van der Waals surface area contributed by atoms with Gasteiger partial charge in [-0.3, -0.25) is 14.4 Å². The van der Waals surface area contributed by atoms with E-state index in [1.165, 1.54) is 148 Å². The largest absolute Gasteiger partial charge is 0.462 e. The van der Waals surface area contributed by atoms with E-state index in [0.29, 0.717) is 19.3 Å². The predicted molar refractivity (Wildman–Crippen MR) is 279 cm³/mol. The summed E-state index contributed by atoms with van der Waals surface area (Å²) in [6, 6.07) is 0. The highest BCUT2D eigenvalue weighted by atomic mass is 16.6. The molecule has 0 aliphatic heterocycles. The second kappa shape index (κ2) is 53.7. The van der Waals surface area contributed by atoms with Crippen LogP contribution in [-0.2, 0) is 28.6 Å². The number of rotatable bonds is 50. The van der Waals surface area contributed by atoms with Crippen LogP contribution in [0.15, 0.2) is 60.8 Å². The number of carbonyl (C=O) groups excluding carboxylic acids is 3. The van der Waals surface area contributed by atoms with E-state index in [4.69, 9.17) is 14.2 Å². The van der Waals surface area contributed by atoms with Crippen LogP contribution in [0.25, 0.3) is 0 Å². The molecule has 1 unspecified atom stereocenters. The van der Waals surface area contributed by atoms with E-state index < -0.39 is 6.10 Å². The second-order valence-electron chi connectivity index (χ2n) is 18.5. The van der Waals surface area contributed by atoms with E-state index in [9.17, 15) is 14.4 Å². The van der Waals surface area contributed by atoms with Crippen LogP contribution in [-0.4, -0.2) is 37.2 Å². The van der Waals surface area contributed by atoms with Crippen molar-refractivity contribution in [2.24, 2.45) is 0 Å². The molecule has 0 aromatic rings. The SMILES string of the molecule is CCC/C=C\CCCCCCCC(=O)OCC(COC(=O)CCCCCCCCCCC/C=C\C/C=C\CCCCC)OC(=O)CCCCCCCCC/C=C\C/C=C\CCCCCC. The normalized spacial score (nSPS) is 12.5. The number of hydrogen-bond acceptors (Lipinski definition) is 6. The fourth-order valence-electron chi connectivity index (χ4n) is 7.74. The van der Waals surface area contributed by atoms with Gasteiger partial charge in [0.2, 0.25) is 0 Å². The van der Waals surface area contributed by atoms with Crippen LogP contribution in [0, 0.1) is 0 Å². The van der Waals surface area contributed by atoms with Crippen LogP contribution in [0.4, 0.5) is 0 Å². The van der Waals surface area contributed by atoms with Gasteiger partial charge in [0, 0.05) is 19.3 Å². The number of carbonyl (C=O) groups is 3. The summed E-state index contributed by atoms with van der Waals surface area (Å²) in [5, 5.41) is 0. The standard InChI is InChI=1S/C59H104O6/c1-4-7-10-13-16-19-22-24-26-28-30-32-33-35-37-40-43-46-49-52-58(61)64-55-56(54-63-57(60)51-48-45-42-39-21-18-15-12-9-6-3)65-59(62)53-50-47-44-41-38-36-34-31-29-27-25-23-20-17-14-11-8-5-2/h12,15-16,19-20,23-24,26-27,29,56H,4-11,13-14,17-18,21-22,25,28,30-55H2,1-3H3/b15-12-,19-16-,23-20-,26-24-,29-27-. The molecule has 0 N–H and O–H groups in total. The number of ether oxygens (including phenoxy) is 3. The summed E-state index contributed by atoms with van der Waals surface area (Å²) < 4.78 is 16.8. The molecule has 0 heterocycles. The molecule has 0 aromatic heterocycles. The van der Waals surface area contributed by atoms with Crippen LogP contribution in [0.3, 0.4) is 0 Å². The van der Waals surface area contributed by atoms with Gasteiger partial charge in [0.1, 0.15) is 13.2 Å². The first-order valence-electron chi connectivity index (χ1n) is 27.8. The minimum Gasteiger partial charge on any atom is -0.462 e. The fourth-order valence-corrected chi connectivity index (χ4v) is 7.74. The molecule has 6 heteroatoms. The van der Waals surface area contributed by atoms with Crippen molar-refractivity contribution in [1.29, 1.82) is 0 Å². The highest BCUT2D eigenvalue weighted by molar-refractivity contribution is 5.71. The molecule has 6 nitrogen and oxygen atoms in total. The third-order valence-electron chi connectivity index (χ3n) is 11.9. The Morgan fingerprint density at radius 2 is 0.585 bits per heavy atom. The Labute approximate surface area is 402 Å². The minimum atomic E-state index is -0.782. The van der Waals surface area contributed by atoms with Crippen molar-refractivity contribution in [2.45, 2.75) is 284 Å². The highest BCUT2D eigenvalue weighted by Crippen LogP contribution is 2.15. The van der Waals surface area contributed by atoms with Crippen LogP contribution in [0.5, 0.6) is 0 Å². The average Bonchev–Trinajstić information content (AvgIpc) is 3.30. The highest BCUT2D eigenvalue weighted by Gasteiger charge is 2.19. The minimum absolute atomic E-state index is 0.0818. The second-order valence-corrected chi connectivity index (χ2v) is 18.5. The summed E-state index contributed by atoms with van der Waals surface area (Å²) in [5.74, 6) is -0.898. The summed E-state index contributed by atoms with van der Waals surface area (Å²) in [6.45, 7) is 6.54. The van der Waals surface area contributed by atoms with Crippen molar-refractivity contribution in [3.8, 4) is 0 Å². The van der Waals surface area contributed by atoms with Crippen LogP contribution < -0.4 is 0 Å². The van der Waals surface area contributed by atoms with E-state index in [-0.39, 0.29) is 31.1 Å². The lowest BCUT2D eigenvalue weighted by atomic mass is 10.1. The van der Waals surface area contributed by atoms with Gasteiger partial charge in [-0.05, 0) is 103 Å². The monoisotopic (exact) mass is 909 g/mol. The Balaban J connectivity index is 4.33. The molecule has 0 aromatic carbocycles. The van der Waals surface area contributed by atoms with Gasteiger partial charge in [-0.15, -0.1) is 0 Å². The molecule has 0 aliphatic carbocycles. The van der Waals surface area contributed by atoms with E-state index in [0.717, 1.165) is 89.9 Å². The summed E-state index contributed by atoms with van der Waals surface area (Å²) >= 11 is 0. The molecule has 0 saturated heterocycles. The lowest BCUT2D eigenvalue weighted by molar-refractivity contribution is -0.167. The maximum atomic E-state index is 12.8. The number of esters is 3. The molecule has 65 heavy (non-hydrogen) atoms. The van der Waals surface area contributed by atoms with Crippen molar-refractivity contribution in [2.75, 3.05) is 13.2 Å². The molecule has 0 fully saturated rings. The molecule has 0 spiro atoms. The molecule has 0 saturated carbocycles. The first-order valence-corrected chi connectivity index (χ1v) is 27.8. The smallest absolute Gasteiger partial charge is 0.306 e. The summed E-state index contributed by atoms with van der Waals surface area (Å²) in [4.78, 5) is 38.0. The maximum Gasteiger partial charge on any atom is 0.306 e. The summed E-state index contributed by atoms with van der Waals surface area (Å²) in [6.07, 6.45) is 66.4. The predicted octanol–water partition coefficient (Wildman–Crippen LogP) is 18.4. The number of unbranched alkanes of at least 4 members (excludes halogenated alkanes) is 29. The van der Waals surface area contributed by atoms with Gasteiger partial charge < -0.3 is 14.2 Å². The van der Waals surface area contributed by atoms with Gasteiger partial charge in [-0.2, -0.15) is 0 Å². The average molecular weight is 909 g/mol. The van der Waals surface area contributed by atoms with Crippen molar-refractivity contribution < 1.29 is 28.6 Å². The molecular formula is C59H104O6. The zero-order chi connectivity index (χ0) is 47.2. The number of hydrogen-bond donors (Lipinski definition) is 0. The molecule has 0 bridgehead atoms. The first-order chi connectivity index (χ1) is 32.0. The maximum absolute atomic E-state index is 12.8. The van der Waals surface area contributed by atoms with E-state index >= 15 is 0 Å². The molecule has 0 amide bonds. The third kappa shape index (κ3) is 51.9. The quantitative estimate of drug-likeness (QED) is 0.0262. The van der Waals surface area contributed by atoms with Crippen LogP contribution >= 0.6 is 0 Å². The van der Waals surface area contributed by atoms with Crippen molar-refractivity contribution in [1.82, 2.24) is 0 Å². The topological polar surface area (TPSA) is 78.9 Å². The van der Waals surface area contributed by atoms with E-state index in [2.05, 4.69) is 81.5 Å². The third-order valence-corrected chi connectivity index (χ3v) is 11.9. The van der Waals surface area contributed by atoms with E-state index in [1.807, 2.05) is 0 Å². The zero-order valence-electron chi connectivity index (χ0n) is 43.0. The first kappa shape index (κ1) is 62.1. The van der Waals surface area contributed by atoms with Crippen molar-refractivity contribution >= 4 is 17.9 Å². The summed E-state index contributed by atoms with van der Waals surface area (Å²) in [5.41, 5.74) is 0. The Bertz CT molecular complexity index is 1180. The Kier molecular flexibility index (Phi) is 51.3. The van der Waals surface area contributed by atoms with Gasteiger partial charge in [0.15, 0.2) is 6.10 Å². The van der Waals surface area contributed by atoms with Gasteiger partial charge in [-0.1, -0.05) is 216 Å². The van der Waals surface area contributed by atoms with Gasteiger partial charge in [0.25, 0.3) is 0 Å². The van der Waals surface area contributed by atoms with Crippen molar-refractivity contribution in [3.05, 3.63) is 60.8 Å². The Hall–Kier alpha value is -2.89. The fraction of sp³-hybridized carbons (Fsp3) is 0.780. The molecule has 0 rings (SSSR count). The number of allylic oxidation sites excluding steroid dienone is 10.